The SMILES string of the molecule is CC(C)CCCCN1CCCC(N)C1. The number of likely N-dealkylation sites (tertiary alicyclic amines) is 1. The van der Waals surface area contributed by atoms with Crippen LogP contribution in [0.15, 0.2) is 0 Å². The van der Waals surface area contributed by atoms with Gasteiger partial charge >= 0.3 is 0 Å². The molecule has 1 heterocycles. The summed E-state index contributed by atoms with van der Waals surface area (Å²) in [6.07, 6.45) is 6.63. The molecule has 1 atom stereocenters. The second-order valence-electron chi connectivity index (χ2n) is 5.09. The Bertz CT molecular complexity index is 145. The molecule has 0 aliphatic carbocycles. The van der Waals surface area contributed by atoms with Crippen LogP contribution in [0.2, 0.25) is 0 Å². The van der Waals surface area contributed by atoms with Crippen molar-refractivity contribution in [2.45, 2.75) is 52.0 Å². The van der Waals surface area contributed by atoms with E-state index in [1.54, 1.807) is 0 Å². The van der Waals surface area contributed by atoms with E-state index in [0.29, 0.717) is 6.04 Å². The first-order valence-electron chi connectivity index (χ1n) is 6.16. The highest BCUT2D eigenvalue weighted by molar-refractivity contribution is 4.74. The van der Waals surface area contributed by atoms with Crippen LogP contribution in [0.5, 0.6) is 0 Å². The van der Waals surface area contributed by atoms with E-state index < -0.39 is 0 Å². The molecular formula is C12H26N2. The molecule has 2 nitrogen and oxygen atoms in total. The topological polar surface area (TPSA) is 29.3 Å². The summed E-state index contributed by atoms with van der Waals surface area (Å²) in [5, 5.41) is 0. The second kappa shape index (κ2) is 6.41. The first-order valence-corrected chi connectivity index (χ1v) is 6.16. The molecule has 0 aromatic carbocycles. The minimum absolute atomic E-state index is 0.439. The molecule has 2 N–H and O–H groups in total. The van der Waals surface area contributed by atoms with Crippen molar-refractivity contribution in [2.24, 2.45) is 11.7 Å². The van der Waals surface area contributed by atoms with Gasteiger partial charge in [0.15, 0.2) is 0 Å². The van der Waals surface area contributed by atoms with Crippen LogP contribution in [0, 0.1) is 5.92 Å². The zero-order chi connectivity index (χ0) is 10.4. The van der Waals surface area contributed by atoms with Gasteiger partial charge in [0.2, 0.25) is 0 Å². The van der Waals surface area contributed by atoms with E-state index in [-0.39, 0.29) is 0 Å². The lowest BCUT2D eigenvalue weighted by Crippen LogP contribution is -2.43. The first-order chi connectivity index (χ1) is 6.68. The lowest BCUT2D eigenvalue weighted by atomic mass is 10.0. The zero-order valence-corrected chi connectivity index (χ0v) is 9.84. The summed E-state index contributed by atoms with van der Waals surface area (Å²) >= 11 is 0. The summed E-state index contributed by atoms with van der Waals surface area (Å²) in [4.78, 5) is 2.54. The molecule has 1 aliphatic rings. The van der Waals surface area contributed by atoms with Crippen molar-refractivity contribution in [3.8, 4) is 0 Å². The number of unbranched alkanes of at least 4 members (excludes halogenated alkanes) is 1. The van der Waals surface area contributed by atoms with Crippen LogP contribution in [0.1, 0.15) is 46.0 Å². The van der Waals surface area contributed by atoms with Gasteiger partial charge in [0.05, 0.1) is 0 Å². The maximum Gasteiger partial charge on any atom is 0.0168 e. The Morgan fingerprint density at radius 3 is 2.79 bits per heavy atom. The summed E-state index contributed by atoms with van der Waals surface area (Å²) in [5.41, 5.74) is 5.94. The fourth-order valence-electron chi connectivity index (χ4n) is 2.18. The minimum atomic E-state index is 0.439. The summed E-state index contributed by atoms with van der Waals surface area (Å²) in [6.45, 7) is 8.27. The summed E-state index contributed by atoms with van der Waals surface area (Å²) < 4.78 is 0. The van der Waals surface area contributed by atoms with E-state index in [2.05, 4.69) is 18.7 Å². The third-order valence-corrected chi connectivity index (χ3v) is 3.05. The minimum Gasteiger partial charge on any atom is -0.327 e. The van der Waals surface area contributed by atoms with Gasteiger partial charge in [-0.2, -0.15) is 0 Å². The highest BCUT2D eigenvalue weighted by Crippen LogP contribution is 2.11. The number of nitrogens with zero attached hydrogens (tertiary/aromatic N) is 1. The van der Waals surface area contributed by atoms with Gasteiger partial charge in [-0.25, -0.2) is 0 Å². The monoisotopic (exact) mass is 198 g/mol. The van der Waals surface area contributed by atoms with Crippen LogP contribution in [0.4, 0.5) is 0 Å². The molecule has 1 rings (SSSR count). The van der Waals surface area contributed by atoms with Gasteiger partial charge in [-0.3, -0.25) is 0 Å². The molecule has 0 spiro atoms. The van der Waals surface area contributed by atoms with Crippen molar-refractivity contribution in [1.29, 1.82) is 0 Å². The lowest BCUT2D eigenvalue weighted by Gasteiger charge is -2.30. The Morgan fingerprint density at radius 2 is 2.14 bits per heavy atom. The fraction of sp³-hybridized carbons (Fsp3) is 1.00. The predicted octanol–water partition coefficient (Wildman–Crippen LogP) is 2.24. The molecule has 0 aromatic heterocycles. The molecule has 0 bridgehead atoms. The average Bonchev–Trinajstić information content (AvgIpc) is 2.12. The highest BCUT2D eigenvalue weighted by atomic mass is 15.1. The Balaban J connectivity index is 2.00. The third-order valence-electron chi connectivity index (χ3n) is 3.05. The van der Waals surface area contributed by atoms with Crippen LogP contribution in [0.25, 0.3) is 0 Å². The number of rotatable bonds is 5. The van der Waals surface area contributed by atoms with Gasteiger partial charge in [0.1, 0.15) is 0 Å². The standard InChI is InChI=1S/C12H26N2/c1-11(2)6-3-4-8-14-9-5-7-12(13)10-14/h11-12H,3-10,13H2,1-2H3. The van der Waals surface area contributed by atoms with E-state index in [1.807, 2.05) is 0 Å². The van der Waals surface area contributed by atoms with Crippen molar-refractivity contribution in [3.05, 3.63) is 0 Å². The van der Waals surface area contributed by atoms with Gasteiger partial charge in [-0.05, 0) is 38.3 Å². The Morgan fingerprint density at radius 1 is 1.36 bits per heavy atom. The van der Waals surface area contributed by atoms with Crippen LogP contribution in [-0.4, -0.2) is 30.6 Å². The second-order valence-corrected chi connectivity index (χ2v) is 5.09. The highest BCUT2D eigenvalue weighted by Gasteiger charge is 2.15. The predicted molar refractivity (Wildman–Crippen MR) is 62.3 cm³/mol. The fourth-order valence-corrected chi connectivity index (χ4v) is 2.18. The van der Waals surface area contributed by atoms with Crippen LogP contribution in [0.3, 0.4) is 0 Å². The summed E-state index contributed by atoms with van der Waals surface area (Å²) in [7, 11) is 0. The van der Waals surface area contributed by atoms with Gasteiger partial charge in [0.25, 0.3) is 0 Å². The molecule has 0 radical (unpaired) electrons. The Hall–Kier alpha value is -0.0800. The molecule has 1 saturated heterocycles. The maximum absolute atomic E-state index is 5.94. The van der Waals surface area contributed by atoms with Crippen molar-refractivity contribution in [3.63, 3.8) is 0 Å². The van der Waals surface area contributed by atoms with Crippen LogP contribution in [-0.2, 0) is 0 Å². The molecule has 0 amide bonds. The molecule has 1 fully saturated rings. The average molecular weight is 198 g/mol. The zero-order valence-electron chi connectivity index (χ0n) is 9.84. The maximum atomic E-state index is 5.94. The summed E-state index contributed by atoms with van der Waals surface area (Å²) in [5.74, 6) is 0.860. The number of hydrogen-bond acceptors (Lipinski definition) is 2. The van der Waals surface area contributed by atoms with Gasteiger partial charge in [-0.15, -0.1) is 0 Å². The molecule has 0 saturated carbocycles. The molecule has 1 unspecified atom stereocenters. The number of piperidine rings is 1. The molecule has 84 valence electrons. The Labute approximate surface area is 88.8 Å². The van der Waals surface area contributed by atoms with Crippen LogP contribution >= 0.6 is 0 Å². The molecule has 0 aromatic rings. The van der Waals surface area contributed by atoms with E-state index in [1.165, 1.54) is 45.2 Å². The summed E-state index contributed by atoms with van der Waals surface area (Å²) in [6, 6.07) is 0.439. The normalized spacial score (nSPS) is 24.4. The van der Waals surface area contributed by atoms with Crippen molar-refractivity contribution >= 4 is 0 Å². The van der Waals surface area contributed by atoms with E-state index in [4.69, 9.17) is 5.73 Å². The van der Waals surface area contributed by atoms with E-state index in [0.717, 1.165) is 12.5 Å². The van der Waals surface area contributed by atoms with Crippen molar-refractivity contribution in [2.75, 3.05) is 19.6 Å². The van der Waals surface area contributed by atoms with Crippen LogP contribution < -0.4 is 5.73 Å². The smallest absolute Gasteiger partial charge is 0.0168 e. The molecule has 1 aliphatic heterocycles. The quantitative estimate of drug-likeness (QED) is 0.686. The van der Waals surface area contributed by atoms with E-state index >= 15 is 0 Å². The number of hydrogen-bond donors (Lipinski definition) is 1. The Kier molecular flexibility index (Phi) is 5.49. The first kappa shape index (κ1) is 12.0. The molecular weight excluding hydrogens is 172 g/mol. The number of nitrogens with two attached hydrogens (primary N) is 1. The largest absolute Gasteiger partial charge is 0.327 e. The van der Waals surface area contributed by atoms with Gasteiger partial charge in [0, 0.05) is 12.6 Å². The van der Waals surface area contributed by atoms with Gasteiger partial charge < -0.3 is 10.6 Å². The van der Waals surface area contributed by atoms with Crippen molar-refractivity contribution in [1.82, 2.24) is 4.90 Å². The van der Waals surface area contributed by atoms with Gasteiger partial charge in [-0.1, -0.05) is 26.7 Å². The van der Waals surface area contributed by atoms with E-state index in [9.17, 15) is 0 Å². The van der Waals surface area contributed by atoms with Crippen molar-refractivity contribution < 1.29 is 0 Å². The molecule has 2 heteroatoms. The lowest BCUT2D eigenvalue weighted by molar-refractivity contribution is 0.204. The third kappa shape index (κ3) is 4.97. The molecule has 14 heavy (non-hydrogen) atoms.